The summed E-state index contributed by atoms with van der Waals surface area (Å²) in [5, 5.41) is 3.12. The van der Waals surface area contributed by atoms with Gasteiger partial charge in [-0.3, -0.25) is 4.79 Å². The monoisotopic (exact) mass is 350 g/mol. The number of rotatable bonds is 6. The van der Waals surface area contributed by atoms with Gasteiger partial charge in [-0.2, -0.15) is 0 Å². The molecule has 138 valence electrons. The topological polar surface area (TPSA) is 32.3 Å². The molecule has 1 aliphatic heterocycles. The maximum atomic E-state index is 12.2. The molecule has 1 heterocycles. The van der Waals surface area contributed by atoms with Crippen LogP contribution in [-0.2, 0) is 11.2 Å². The Morgan fingerprint density at radius 2 is 1.88 bits per heavy atom. The molecule has 2 atom stereocenters. The molecule has 0 bridgehead atoms. The van der Waals surface area contributed by atoms with Crippen molar-refractivity contribution in [2.75, 3.05) is 18.0 Å². The number of aryl methyl sites for hydroxylation is 1. The summed E-state index contributed by atoms with van der Waals surface area (Å²) in [5.41, 5.74) is 3.66. The summed E-state index contributed by atoms with van der Waals surface area (Å²) >= 11 is 0. The number of hydrogen-bond donors (Lipinski definition) is 1. The van der Waals surface area contributed by atoms with E-state index in [1.54, 1.807) is 0 Å². The minimum Gasteiger partial charge on any atom is -0.371 e. The highest BCUT2D eigenvalue weighted by atomic mass is 16.1. The molecule has 1 amide bonds. The van der Waals surface area contributed by atoms with E-state index in [1.165, 1.54) is 24.1 Å². The number of nitrogens with zero attached hydrogens (tertiary/aromatic N) is 1. The second kappa shape index (κ2) is 8.88. The van der Waals surface area contributed by atoms with E-state index in [-0.39, 0.29) is 11.9 Å². The van der Waals surface area contributed by atoms with Crippen LogP contribution < -0.4 is 10.2 Å². The molecule has 0 spiro atoms. The van der Waals surface area contributed by atoms with E-state index in [9.17, 15) is 4.79 Å². The maximum Gasteiger partial charge on any atom is 0.220 e. The Morgan fingerprint density at radius 3 is 2.58 bits per heavy atom. The van der Waals surface area contributed by atoms with Crippen LogP contribution in [-0.4, -0.2) is 19.0 Å². The maximum absolute atomic E-state index is 12.2. The highest BCUT2D eigenvalue weighted by Crippen LogP contribution is 2.24. The number of amides is 1. The SMILES string of the molecule is CC1CCCN(c2ccc(C(C)NC(=O)CCc3ccccc3)cc2)C1. The van der Waals surface area contributed by atoms with E-state index in [0.29, 0.717) is 6.42 Å². The molecule has 3 rings (SSSR count). The molecule has 1 aliphatic rings. The van der Waals surface area contributed by atoms with Crippen molar-refractivity contribution in [3.05, 3.63) is 65.7 Å². The van der Waals surface area contributed by atoms with E-state index in [2.05, 4.69) is 60.5 Å². The van der Waals surface area contributed by atoms with Gasteiger partial charge in [0.05, 0.1) is 6.04 Å². The second-order valence-corrected chi connectivity index (χ2v) is 7.56. The van der Waals surface area contributed by atoms with E-state index >= 15 is 0 Å². The summed E-state index contributed by atoms with van der Waals surface area (Å²) in [6.45, 7) is 6.67. The summed E-state index contributed by atoms with van der Waals surface area (Å²) in [6, 6.07) is 18.9. The van der Waals surface area contributed by atoms with Crippen LogP contribution in [0.1, 0.15) is 50.3 Å². The molecule has 0 saturated carbocycles. The lowest BCUT2D eigenvalue weighted by atomic mass is 9.99. The number of carbonyl (C=O) groups is 1. The van der Waals surface area contributed by atoms with Crippen molar-refractivity contribution in [2.24, 2.45) is 5.92 Å². The zero-order valence-corrected chi connectivity index (χ0v) is 15.9. The summed E-state index contributed by atoms with van der Waals surface area (Å²) in [7, 11) is 0. The zero-order valence-electron chi connectivity index (χ0n) is 15.9. The fourth-order valence-electron chi connectivity index (χ4n) is 3.70. The van der Waals surface area contributed by atoms with E-state index < -0.39 is 0 Å². The number of anilines is 1. The van der Waals surface area contributed by atoms with Gasteiger partial charge >= 0.3 is 0 Å². The van der Waals surface area contributed by atoms with E-state index in [4.69, 9.17) is 0 Å². The first-order chi connectivity index (χ1) is 12.6. The second-order valence-electron chi connectivity index (χ2n) is 7.56. The van der Waals surface area contributed by atoms with Crippen molar-refractivity contribution in [3.8, 4) is 0 Å². The highest BCUT2D eigenvalue weighted by molar-refractivity contribution is 5.76. The summed E-state index contributed by atoms with van der Waals surface area (Å²) < 4.78 is 0. The Labute approximate surface area is 157 Å². The van der Waals surface area contributed by atoms with Crippen molar-refractivity contribution in [1.82, 2.24) is 5.32 Å². The number of benzene rings is 2. The van der Waals surface area contributed by atoms with Gasteiger partial charge in [0.2, 0.25) is 5.91 Å². The predicted octanol–water partition coefficient (Wildman–Crippen LogP) is 4.73. The fraction of sp³-hybridized carbons (Fsp3) is 0.435. The van der Waals surface area contributed by atoms with Crippen LogP contribution in [0.5, 0.6) is 0 Å². The third-order valence-corrected chi connectivity index (χ3v) is 5.28. The van der Waals surface area contributed by atoms with Gasteiger partial charge in [0.15, 0.2) is 0 Å². The molecule has 3 nitrogen and oxygen atoms in total. The molecule has 3 heteroatoms. The Hall–Kier alpha value is -2.29. The van der Waals surface area contributed by atoms with E-state index in [1.807, 2.05) is 18.2 Å². The predicted molar refractivity (Wildman–Crippen MR) is 108 cm³/mol. The lowest BCUT2D eigenvalue weighted by molar-refractivity contribution is -0.121. The molecule has 2 unspecified atom stereocenters. The first kappa shape index (κ1) is 18.5. The molecular formula is C23H30N2O. The van der Waals surface area contributed by atoms with Gasteiger partial charge in [-0.1, -0.05) is 49.4 Å². The van der Waals surface area contributed by atoms with Crippen molar-refractivity contribution in [2.45, 2.75) is 45.6 Å². The normalized spacial score (nSPS) is 18.4. The zero-order chi connectivity index (χ0) is 18.4. The van der Waals surface area contributed by atoms with Crippen LogP contribution in [0.2, 0.25) is 0 Å². The van der Waals surface area contributed by atoms with Crippen LogP contribution in [0.3, 0.4) is 0 Å². The molecule has 2 aromatic carbocycles. The van der Waals surface area contributed by atoms with Crippen LogP contribution in [0, 0.1) is 5.92 Å². The third-order valence-electron chi connectivity index (χ3n) is 5.28. The summed E-state index contributed by atoms with van der Waals surface area (Å²) in [4.78, 5) is 14.7. The van der Waals surface area contributed by atoms with Gasteiger partial charge in [-0.05, 0) is 55.4 Å². The molecule has 26 heavy (non-hydrogen) atoms. The number of carbonyl (C=O) groups excluding carboxylic acids is 1. The van der Waals surface area contributed by atoms with Crippen LogP contribution in [0.4, 0.5) is 5.69 Å². The average molecular weight is 351 g/mol. The van der Waals surface area contributed by atoms with Crippen molar-refractivity contribution < 1.29 is 4.79 Å². The van der Waals surface area contributed by atoms with Crippen molar-refractivity contribution >= 4 is 11.6 Å². The molecular weight excluding hydrogens is 320 g/mol. The first-order valence-corrected chi connectivity index (χ1v) is 9.80. The van der Waals surface area contributed by atoms with Gasteiger partial charge < -0.3 is 10.2 Å². The Bertz CT molecular complexity index is 696. The lowest BCUT2D eigenvalue weighted by Crippen LogP contribution is -2.34. The molecule has 0 aliphatic carbocycles. The molecule has 1 N–H and O–H groups in total. The number of nitrogens with one attached hydrogen (secondary N) is 1. The smallest absolute Gasteiger partial charge is 0.220 e. The summed E-state index contributed by atoms with van der Waals surface area (Å²) in [5.74, 6) is 0.876. The Kier molecular flexibility index (Phi) is 6.32. The van der Waals surface area contributed by atoms with Crippen LogP contribution in [0.15, 0.2) is 54.6 Å². The van der Waals surface area contributed by atoms with Crippen LogP contribution >= 0.6 is 0 Å². The molecule has 0 aromatic heterocycles. The lowest BCUT2D eigenvalue weighted by Gasteiger charge is -2.33. The quantitative estimate of drug-likeness (QED) is 0.816. The van der Waals surface area contributed by atoms with Crippen molar-refractivity contribution in [3.63, 3.8) is 0 Å². The van der Waals surface area contributed by atoms with Gasteiger partial charge in [0, 0.05) is 25.2 Å². The average Bonchev–Trinajstić information content (AvgIpc) is 2.67. The molecule has 1 fully saturated rings. The minimum atomic E-state index is 0.0348. The fourth-order valence-corrected chi connectivity index (χ4v) is 3.70. The minimum absolute atomic E-state index is 0.0348. The standard InChI is InChI=1S/C23H30N2O/c1-18-7-6-16-25(17-18)22-13-11-21(12-14-22)19(2)24-23(26)15-10-20-8-4-3-5-9-20/h3-5,8-9,11-14,18-19H,6-7,10,15-17H2,1-2H3,(H,24,26). The first-order valence-electron chi connectivity index (χ1n) is 9.80. The molecule has 1 saturated heterocycles. The third kappa shape index (κ3) is 5.10. The van der Waals surface area contributed by atoms with Crippen LogP contribution in [0.25, 0.3) is 0 Å². The van der Waals surface area contributed by atoms with Gasteiger partial charge in [0.25, 0.3) is 0 Å². The van der Waals surface area contributed by atoms with Crippen molar-refractivity contribution in [1.29, 1.82) is 0 Å². The largest absolute Gasteiger partial charge is 0.371 e. The van der Waals surface area contributed by atoms with Gasteiger partial charge in [-0.25, -0.2) is 0 Å². The van der Waals surface area contributed by atoms with Gasteiger partial charge in [-0.15, -0.1) is 0 Å². The Balaban J connectivity index is 1.51. The Morgan fingerprint density at radius 1 is 1.15 bits per heavy atom. The highest BCUT2D eigenvalue weighted by Gasteiger charge is 2.17. The number of hydrogen-bond acceptors (Lipinski definition) is 2. The molecule has 0 radical (unpaired) electrons. The van der Waals surface area contributed by atoms with E-state index in [0.717, 1.165) is 31.0 Å². The molecule has 2 aromatic rings. The summed E-state index contributed by atoms with van der Waals surface area (Å²) in [6.07, 6.45) is 3.92. The van der Waals surface area contributed by atoms with Gasteiger partial charge in [0.1, 0.15) is 0 Å². The number of piperidine rings is 1.